The molecule has 3 rings (SSSR count). The molecule has 1 aliphatic rings. The Morgan fingerprint density at radius 2 is 1.95 bits per heavy atom. The summed E-state index contributed by atoms with van der Waals surface area (Å²) in [5, 5.41) is 12.8. The maximum absolute atomic E-state index is 10.5. The van der Waals surface area contributed by atoms with Crippen LogP contribution in [-0.4, -0.2) is 11.7 Å². The summed E-state index contributed by atoms with van der Waals surface area (Å²) in [6.07, 6.45) is 0. The molecular formula is C17H20O2. The zero-order valence-electron chi connectivity index (χ0n) is 11.9. The van der Waals surface area contributed by atoms with Gasteiger partial charge in [-0.1, -0.05) is 38.1 Å². The number of ether oxygens (including phenoxy) is 1. The second kappa shape index (κ2) is 3.97. The molecule has 0 amide bonds. The highest BCUT2D eigenvalue weighted by Gasteiger charge is 2.33. The van der Waals surface area contributed by atoms with Crippen molar-refractivity contribution in [3.05, 3.63) is 41.0 Å². The van der Waals surface area contributed by atoms with Gasteiger partial charge in [-0.05, 0) is 41.8 Å². The van der Waals surface area contributed by atoms with Crippen LogP contribution in [0.5, 0.6) is 5.75 Å². The van der Waals surface area contributed by atoms with Crippen molar-refractivity contribution >= 4 is 10.8 Å². The van der Waals surface area contributed by atoms with E-state index in [1.54, 1.807) is 0 Å². The molecule has 0 aromatic heterocycles. The van der Waals surface area contributed by atoms with Crippen LogP contribution < -0.4 is 4.74 Å². The van der Waals surface area contributed by atoms with Crippen molar-refractivity contribution in [2.45, 2.75) is 39.2 Å². The molecule has 0 radical (unpaired) electrons. The summed E-state index contributed by atoms with van der Waals surface area (Å²) >= 11 is 0. The van der Waals surface area contributed by atoms with Gasteiger partial charge in [-0.3, -0.25) is 0 Å². The number of aryl methyl sites for hydroxylation is 1. The molecule has 0 bridgehead atoms. The molecule has 100 valence electrons. The highest BCUT2D eigenvalue weighted by molar-refractivity contribution is 5.96. The van der Waals surface area contributed by atoms with Crippen molar-refractivity contribution in [2.75, 3.05) is 6.61 Å². The monoisotopic (exact) mass is 256 g/mol. The molecule has 19 heavy (non-hydrogen) atoms. The molecule has 0 spiro atoms. The molecule has 2 aromatic rings. The lowest BCUT2D eigenvalue weighted by Gasteiger charge is -2.32. The molecule has 1 atom stereocenters. The minimum atomic E-state index is -0.908. The van der Waals surface area contributed by atoms with E-state index in [9.17, 15) is 5.11 Å². The van der Waals surface area contributed by atoms with E-state index in [1.807, 2.05) is 6.92 Å². The zero-order valence-corrected chi connectivity index (χ0v) is 11.9. The molecule has 1 N–H and O–H groups in total. The Morgan fingerprint density at radius 1 is 1.21 bits per heavy atom. The van der Waals surface area contributed by atoms with Crippen molar-refractivity contribution < 1.29 is 9.84 Å². The van der Waals surface area contributed by atoms with E-state index in [1.165, 1.54) is 10.9 Å². The first-order valence-electron chi connectivity index (χ1n) is 6.83. The van der Waals surface area contributed by atoms with E-state index >= 15 is 0 Å². The first-order chi connectivity index (χ1) is 8.92. The van der Waals surface area contributed by atoms with Gasteiger partial charge in [-0.25, -0.2) is 0 Å². The lowest BCUT2D eigenvalue weighted by molar-refractivity contribution is 0.00352. The van der Waals surface area contributed by atoms with Crippen LogP contribution in [0.2, 0.25) is 0 Å². The minimum absolute atomic E-state index is 0.320. The fourth-order valence-corrected chi connectivity index (χ4v) is 2.97. The highest BCUT2D eigenvalue weighted by atomic mass is 16.5. The molecule has 0 fully saturated rings. The summed E-state index contributed by atoms with van der Waals surface area (Å²) < 4.78 is 5.83. The van der Waals surface area contributed by atoms with Gasteiger partial charge in [0.2, 0.25) is 0 Å². The molecular weight excluding hydrogens is 236 g/mol. The quantitative estimate of drug-likeness (QED) is 0.839. The lowest BCUT2D eigenvalue weighted by atomic mass is 9.84. The SMILES string of the molecule is Cc1ccc2c(C(C)C)ccc3c2c1OCC3(C)O. The van der Waals surface area contributed by atoms with Gasteiger partial charge in [-0.2, -0.15) is 0 Å². The van der Waals surface area contributed by atoms with E-state index in [2.05, 4.69) is 45.0 Å². The van der Waals surface area contributed by atoms with Crippen molar-refractivity contribution in [1.82, 2.24) is 0 Å². The standard InChI is InChI=1S/C17H20O2/c1-10(2)12-7-8-14-15-13(12)6-5-11(3)16(15)19-9-17(14,4)18/h5-8,10,18H,9H2,1-4H3. The van der Waals surface area contributed by atoms with Crippen LogP contribution in [0.4, 0.5) is 0 Å². The molecule has 1 aliphatic heterocycles. The maximum Gasteiger partial charge on any atom is 0.130 e. The summed E-state index contributed by atoms with van der Waals surface area (Å²) in [6.45, 7) is 8.58. The largest absolute Gasteiger partial charge is 0.489 e. The fraction of sp³-hybridized carbons (Fsp3) is 0.412. The Balaban J connectivity index is 2.46. The third-order valence-electron chi connectivity index (χ3n) is 4.06. The first-order valence-corrected chi connectivity index (χ1v) is 6.83. The average molecular weight is 256 g/mol. The van der Waals surface area contributed by atoms with Crippen LogP contribution in [0.25, 0.3) is 10.8 Å². The molecule has 0 saturated heterocycles. The molecule has 1 unspecified atom stereocenters. The number of aliphatic hydroxyl groups is 1. The Bertz CT molecular complexity index is 654. The van der Waals surface area contributed by atoms with Gasteiger partial charge in [0, 0.05) is 5.39 Å². The Hall–Kier alpha value is -1.54. The Labute approximate surface area is 114 Å². The van der Waals surface area contributed by atoms with Crippen LogP contribution in [0.3, 0.4) is 0 Å². The number of rotatable bonds is 1. The zero-order chi connectivity index (χ0) is 13.8. The summed E-state index contributed by atoms with van der Waals surface area (Å²) in [5.74, 6) is 1.39. The molecule has 1 heterocycles. The Kier molecular flexibility index (Phi) is 2.61. The predicted octanol–water partition coefficient (Wildman–Crippen LogP) is 3.87. The van der Waals surface area contributed by atoms with Crippen molar-refractivity contribution in [1.29, 1.82) is 0 Å². The van der Waals surface area contributed by atoms with Crippen molar-refractivity contribution in [2.24, 2.45) is 0 Å². The Morgan fingerprint density at radius 3 is 2.63 bits per heavy atom. The van der Waals surface area contributed by atoms with Gasteiger partial charge < -0.3 is 9.84 Å². The molecule has 0 saturated carbocycles. The van der Waals surface area contributed by atoms with E-state index in [0.29, 0.717) is 12.5 Å². The van der Waals surface area contributed by atoms with E-state index in [-0.39, 0.29) is 0 Å². The second-order valence-corrected chi connectivity index (χ2v) is 6.05. The molecule has 0 aliphatic carbocycles. The average Bonchev–Trinajstić information content (AvgIpc) is 2.35. The van der Waals surface area contributed by atoms with Crippen LogP contribution in [0, 0.1) is 6.92 Å². The van der Waals surface area contributed by atoms with E-state index in [0.717, 1.165) is 22.3 Å². The lowest BCUT2D eigenvalue weighted by Crippen LogP contribution is -2.33. The number of hydrogen-bond donors (Lipinski definition) is 1. The van der Waals surface area contributed by atoms with E-state index in [4.69, 9.17) is 4.74 Å². The first kappa shape index (κ1) is 12.5. The van der Waals surface area contributed by atoms with Gasteiger partial charge in [-0.15, -0.1) is 0 Å². The third kappa shape index (κ3) is 1.74. The summed E-state index contributed by atoms with van der Waals surface area (Å²) in [4.78, 5) is 0. The topological polar surface area (TPSA) is 29.5 Å². The fourth-order valence-electron chi connectivity index (χ4n) is 2.97. The molecule has 2 aromatic carbocycles. The van der Waals surface area contributed by atoms with Crippen molar-refractivity contribution in [3.63, 3.8) is 0 Å². The van der Waals surface area contributed by atoms with Crippen LogP contribution >= 0.6 is 0 Å². The minimum Gasteiger partial charge on any atom is -0.489 e. The predicted molar refractivity (Wildman–Crippen MR) is 77.8 cm³/mol. The summed E-state index contributed by atoms with van der Waals surface area (Å²) in [5.41, 5.74) is 2.51. The summed E-state index contributed by atoms with van der Waals surface area (Å²) in [6, 6.07) is 8.45. The number of benzene rings is 2. The van der Waals surface area contributed by atoms with Crippen LogP contribution in [0.15, 0.2) is 24.3 Å². The maximum atomic E-state index is 10.5. The van der Waals surface area contributed by atoms with Gasteiger partial charge in [0.05, 0.1) is 0 Å². The van der Waals surface area contributed by atoms with Crippen LogP contribution in [0.1, 0.15) is 43.4 Å². The smallest absolute Gasteiger partial charge is 0.130 e. The van der Waals surface area contributed by atoms with Crippen LogP contribution in [-0.2, 0) is 5.60 Å². The third-order valence-corrected chi connectivity index (χ3v) is 4.06. The molecule has 2 nitrogen and oxygen atoms in total. The highest BCUT2D eigenvalue weighted by Crippen LogP contribution is 2.43. The second-order valence-electron chi connectivity index (χ2n) is 6.05. The van der Waals surface area contributed by atoms with Gasteiger partial charge in [0.1, 0.15) is 18.0 Å². The number of hydrogen-bond acceptors (Lipinski definition) is 2. The van der Waals surface area contributed by atoms with Crippen molar-refractivity contribution in [3.8, 4) is 5.75 Å². The van der Waals surface area contributed by atoms with Gasteiger partial charge in [0.15, 0.2) is 0 Å². The van der Waals surface area contributed by atoms with Gasteiger partial charge in [0.25, 0.3) is 0 Å². The molecule has 2 heteroatoms. The van der Waals surface area contributed by atoms with E-state index < -0.39 is 5.60 Å². The summed E-state index contributed by atoms with van der Waals surface area (Å²) in [7, 11) is 0. The van der Waals surface area contributed by atoms with Gasteiger partial charge >= 0.3 is 0 Å². The normalized spacial score (nSPS) is 21.8.